The van der Waals surface area contributed by atoms with Crippen LogP contribution < -0.4 is 5.32 Å². The van der Waals surface area contributed by atoms with Crippen LogP contribution in [0, 0.1) is 13.8 Å². The molecule has 0 amide bonds. The number of hydrogen-bond donors (Lipinski definition) is 2. The molecule has 2 atom stereocenters. The average molecular weight is 241 g/mol. The van der Waals surface area contributed by atoms with Crippen LogP contribution in [0.2, 0.25) is 0 Å². The minimum atomic E-state index is -0.775. The van der Waals surface area contributed by atoms with E-state index in [-0.39, 0.29) is 5.37 Å². The maximum Gasteiger partial charge on any atom is 0.321 e. The van der Waals surface area contributed by atoms with Gasteiger partial charge in [0.2, 0.25) is 0 Å². The van der Waals surface area contributed by atoms with Crippen LogP contribution >= 0.6 is 11.8 Å². The van der Waals surface area contributed by atoms with Gasteiger partial charge in [0.05, 0.1) is 17.6 Å². The Balaban J connectivity index is 1.97. The number of carboxylic acid groups (broad SMARTS) is 1. The van der Waals surface area contributed by atoms with E-state index in [1.54, 1.807) is 11.8 Å². The van der Waals surface area contributed by atoms with Crippen molar-refractivity contribution in [3.8, 4) is 0 Å². The largest absolute Gasteiger partial charge is 0.480 e. The first-order valence-electron chi connectivity index (χ1n) is 5.18. The summed E-state index contributed by atoms with van der Waals surface area (Å²) in [5, 5.41) is 16.4. The topological polar surface area (TPSA) is 67.2 Å². The first-order valence-corrected chi connectivity index (χ1v) is 6.22. The Morgan fingerprint density at radius 3 is 3.00 bits per heavy atom. The maximum atomic E-state index is 10.8. The van der Waals surface area contributed by atoms with E-state index in [2.05, 4.69) is 10.4 Å². The molecular formula is C10H15N3O2S. The minimum Gasteiger partial charge on any atom is -0.480 e. The van der Waals surface area contributed by atoms with Crippen molar-refractivity contribution in [2.24, 2.45) is 0 Å². The Hall–Kier alpha value is -1.01. The van der Waals surface area contributed by atoms with E-state index in [4.69, 9.17) is 5.11 Å². The molecule has 88 valence electrons. The molecule has 0 aromatic carbocycles. The lowest BCUT2D eigenvalue weighted by Crippen LogP contribution is -2.38. The monoisotopic (exact) mass is 241 g/mol. The molecule has 1 aliphatic rings. The van der Waals surface area contributed by atoms with Crippen LogP contribution in [-0.4, -0.2) is 38.0 Å². The van der Waals surface area contributed by atoms with Crippen molar-refractivity contribution >= 4 is 17.7 Å². The molecular weight excluding hydrogens is 226 g/mol. The highest BCUT2D eigenvalue weighted by Gasteiger charge is 2.29. The molecule has 0 radical (unpaired) electrons. The molecule has 1 fully saturated rings. The molecule has 16 heavy (non-hydrogen) atoms. The standard InChI is InChI=1S/C10H15N3O2S/c1-6-3-7(2)13(12-6)4-9-11-8(5-16-9)10(14)15/h3,8-9,11H,4-5H2,1-2H3,(H,14,15)/t8-,9-/m1/s1. The second-order valence-electron chi connectivity index (χ2n) is 3.99. The van der Waals surface area contributed by atoms with Gasteiger partial charge in [-0.3, -0.25) is 14.8 Å². The van der Waals surface area contributed by atoms with Crippen molar-refractivity contribution < 1.29 is 9.90 Å². The Kier molecular flexibility index (Phi) is 3.20. The first kappa shape index (κ1) is 11.5. The number of carbonyl (C=O) groups is 1. The quantitative estimate of drug-likeness (QED) is 0.812. The Morgan fingerprint density at radius 1 is 1.75 bits per heavy atom. The van der Waals surface area contributed by atoms with Gasteiger partial charge in [0.25, 0.3) is 0 Å². The van der Waals surface area contributed by atoms with Crippen LogP contribution in [0.15, 0.2) is 6.07 Å². The molecule has 2 N–H and O–H groups in total. The van der Waals surface area contributed by atoms with E-state index >= 15 is 0 Å². The van der Waals surface area contributed by atoms with Crippen LogP contribution in [0.3, 0.4) is 0 Å². The number of nitrogens with one attached hydrogen (secondary N) is 1. The van der Waals surface area contributed by atoms with Gasteiger partial charge in [-0.25, -0.2) is 0 Å². The summed E-state index contributed by atoms with van der Waals surface area (Å²) in [6.07, 6.45) is 0. The number of carboxylic acids is 1. The van der Waals surface area contributed by atoms with Gasteiger partial charge in [0.1, 0.15) is 6.04 Å². The predicted molar refractivity (Wildman–Crippen MR) is 62.5 cm³/mol. The molecule has 6 heteroatoms. The van der Waals surface area contributed by atoms with E-state index < -0.39 is 12.0 Å². The number of nitrogens with zero attached hydrogens (tertiary/aromatic N) is 2. The van der Waals surface area contributed by atoms with Crippen LogP contribution in [-0.2, 0) is 11.3 Å². The van der Waals surface area contributed by atoms with Gasteiger partial charge in [-0.2, -0.15) is 5.10 Å². The van der Waals surface area contributed by atoms with E-state index in [1.807, 2.05) is 24.6 Å². The van der Waals surface area contributed by atoms with Gasteiger partial charge in [0.15, 0.2) is 0 Å². The highest BCUT2D eigenvalue weighted by Crippen LogP contribution is 2.20. The lowest BCUT2D eigenvalue weighted by Gasteiger charge is -2.12. The summed E-state index contributed by atoms with van der Waals surface area (Å²) >= 11 is 1.64. The van der Waals surface area contributed by atoms with Crippen LogP contribution in [0.4, 0.5) is 0 Å². The van der Waals surface area contributed by atoms with Crippen molar-refractivity contribution in [3.63, 3.8) is 0 Å². The van der Waals surface area contributed by atoms with Crippen molar-refractivity contribution in [1.82, 2.24) is 15.1 Å². The van der Waals surface area contributed by atoms with E-state index in [0.29, 0.717) is 12.3 Å². The third kappa shape index (κ3) is 2.38. The summed E-state index contributed by atoms with van der Waals surface area (Å²) < 4.78 is 1.92. The van der Waals surface area contributed by atoms with E-state index in [0.717, 1.165) is 11.4 Å². The zero-order valence-electron chi connectivity index (χ0n) is 9.30. The SMILES string of the molecule is Cc1cc(C)n(C[C@@H]2N[C@@H](C(=O)O)CS2)n1. The average Bonchev–Trinajstić information content (AvgIpc) is 2.75. The number of aromatic nitrogens is 2. The van der Waals surface area contributed by atoms with E-state index in [1.165, 1.54) is 0 Å². The second-order valence-corrected chi connectivity index (χ2v) is 5.22. The zero-order chi connectivity index (χ0) is 11.7. The molecule has 2 heterocycles. The number of aryl methyl sites for hydroxylation is 2. The van der Waals surface area contributed by atoms with Crippen LogP contribution in [0.1, 0.15) is 11.4 Å². The summed E-state index contributed by atoms with van der Waals surface area (Å²) in [5.74, 6) is -0.150. The van der Waals surface area contributed by atoms with Gasteiger partial charge < -0.3 is 5.11 Å². The molecule has 1 aliphatic heterocycles. The van der Waals surface area contributed by atoms with Crippen molar-refractivity contribution in [2.45, 2.75) is 31.8 Å². The fourth-order valence-electron chi connectivity index (χ4n) is 1.80. The molecule has 0 aliphatic carbocycles. The number of hydrogen-bond acceptors (Lipinski definition) is 4. The van der Waals surface area contributed by atoms with Crippen molar-refractivity contribution in [1.29, 1.82) is 0 Å². The highest BCUT2D eigenvalue weighted by molar-refractivity contribution is 8.00. The summed E-state index contributed by atoms with van der Waals surface area (Å²) in [7, 11) is 0. The summed E-state index contributed by atoms with van der Waals surface area (Å²) in [5.41, 5.74) is 2.11. The molecule has 0 bridgehead atoms. The van der Waals surface area contributed by atoms with Crippen LogP contribution in [0.5, 0.6) is 0 Å². The number of aliphatic carboxylic acids is 1. The Labute approximate surface area is 98.2 Å². The van der Waals surface area contributed by atoms with Gasteiger partial charge in [-0.1, -0.05) is 0 Å². The molecule has 2 rings (SSSR count). The van der Waals surface area contributed by atoms with Gasteiger partial charge in [0, 0.05) is 11.4 Å². The fourth-order valence-corrected chi connectivity index (χ4v) is 2.97. The fraction of sp³-hybridized carbons (Fsp3) is 0.600. The molecule has 0 spiro atoms. The molecule has 0 saturated carbocycles. The molecule has 1 aromatic rings. The summed E-state index contributed by atoms with van der Waals surface area (Å²) in [4.78, 5) is 10.8. The Bertz CT molecular complexity index is 405. The van der Waals surface area contributed by atoms with Gasteiger partial charge in [-0.05, 0) is 19.9 Å². The minimum absolute atomic E-state index is 0.138. The van der Waals surface area contributed by atoms with E-state index in [9.17, 15) is 4.79 Å². The number of rotatable bonds is 3. The van der Waals surface area contributed by atoms with Gasteiger partial charge >= 0.3 is 5.97 Å². The maximum absolute atomic E-state index is 10.8. The smallest absolute Gasteiger partial charge is 0.321 e. The molecule has 1 saturated heterocycles. The molecule has 1 aromatic heterocycles. The lowest BCUT2D eigenvalue weighted by atomic mass is 10.3. The number of thioether (sulfide) groups is 1. The summed E-state index contributed by atoms with van der Waals surface area (Å²) in [6, 6.07) is 1.60. The normalized spacial score (nSPS) is 24.9. The molecule has 5 nitrogen and oxygen atoms in total. The zero-order valence-corrected chi connectivity index (χ0v) is 10.1. The molecule has 0 unspecified atom stereocenters. The predicted octanol–water partition coefficient (Wildman–Crippen LogP) is 0.616. The second kappa shape index (κ2) is 4.47. The summed E-state index contributed by atoms with van der Waals surface area (Å²) in [6.45, 7) is 4.68. The highest BCUT2D eigenvalue weighted by atomic mass is 32.2. The van der Waals surface area contributed by atoms with Crippen LogP contribution in [0.25, 0.3) is 0 Å². The van der Waals surface area contributed by atoms with Crippen molar-refractivity contribution in [3.05, 3.63) is 17.5 Å². The third-order valence-corrected chi connectivity index (χ3v) is 3.80. The van der Waals surface area contributed by atoms with Gasteiger partial charge in [-0.15, -0.1) is 11.8 Å². The third-order valence-electron chi connectivity index (χ3n) is 2.59. The first-order chi connectivity index (χ1) is 7.56. The van der Waals surface area contributed by atoms with Crippen molar-refractivity contribution in [2.75, 3.05) is 5.75 Å². The Morgan fingerprint density at radius 2 is 2.50 bits per heavy atom. The lowest BCUT2D eigenvalue weighted by molar-refractivity contribution is -0.138.